The summed E-state index contributed by atoms with van der Waals surface area (Å²) in [5, 5.41) is 7.94. The summed E-state index contributed by atoms with van der Waals surface area (Å²) in [5.41, 5.74) is 7.36. The monoisotopic (exact) mass is 233 g/mol. The van der Waals surface area contributed by atoms with Crippen LogP contribution in [0.15, 0.2) is 22.6 Å². The van der Waals surface area contributed by atoms with E-state index < -0.39 is 0 Å². The van der Waals surface area contributed by atoms with Gasteiger partial charge in [0.2, 0.25) is 5.89 Å². The number of hydrogen-bond acceptors (Lipinski definition) is 5. The summed E-state index contributed by atoms with van der Waals surface area (Å²) in [4.78, 5) is 0. The Kier molecular flexibility index (Phi) is 3.39. The van der Waals surface area contributed by atoms with Crippen LogP contribution in [0.3, 0.4) is 0 Å². The number of methoxy groups -OCH3 is 1. The van der Waals surface area contributed by atoms with Gasteiger partial charge in [0.25, 0.3) is 5.89 Å². The second-order valence-corrected chi connectivity index (χ2v) is 3.74. The van der Waals surface area contributed by atoms with E-state index in [9.17, 15) is 0 Å². The molecule has 1 aromatic heterocycles. The molecule has 5 heteroatoms. The second kappa shape index (κ2) is 4.97. The molecule has 90 valence electrons. The summed E-state index contributed by atoms with van der Waals surface area (Å²) in [6.45, 7) is 2.49. The lowest BCUT2D eigenvalue weighted by atomic mass is 10.1. The number of aromatic nitrogens is 2. The number of hydrogen-bond donors (Lipinski definition) is 1. The fraction of sp³-hybridized carbons (Fsp3) is 0.333. The summed E-state index contributed by atoms with van der Waals surface area (Å²) < 4.78 is 10.8. The summed E-state index contributed by atoms with van der Waals surface area (Å²) >= 11 is 0. The molecule has 2 N–H and O–H groups in total. The Labute approximate surface area is 99.6 Å². The highest BCUT2D eigenvalue weighted by Crippen LogP contribution is 2.29. The van der Waals surface area contributed by atoms with Crippen LogP contribution in [0, 0.1) is 6.92 Å². The van der Waals surface area contributed by atoms with Crippen molar-refractivity contribution in [3.63, 3.8) is 0 Å². The Morgan fingerprint density at radius 1 is 1.35 bits per heavy atom. The standard InChI is InChI=1S/C12H15N3O2/c1-8-3-4-10(16-2)9(7-8)12-15-14-11(17-12)5-6-13/h3-4,7H,5-6,13H2,1-2H3. The van der Waals surface area contributed by atoms with E-state index >= 15 is 0 Å². The van der Waals surface area contributed by atoms with Gasteiger partial charge in [0, 0.05) is 13.0 Å². The van der Waals surface area contributed by atoms with Crippen LogP contribution in [0.5, 0.6) is 5.75 Å². The Balaban J connectivity index is 2.40. The minimum Gasteiger partial charge on any atom is -0.496 e. The highest BCUT2D eigenvalue weighted by atomic mass is 16.5. The lowest BCUT2D eigenvalue weighted by molar-refractivity contribution is 0.413. The smallest absolute Gasteiger partial charge is 0.251 e. The third kappa shape index (κ3) is 2.45. The molecule has 0 unspecified atom stereocenters. The molecule has 1 heterocycles. The number of aryl methyl sites for hydroxylation is 1. The van der Waals surface area contributed by atoms with E-state index in [1.54, 1.807) is 7.11 Å². The molecule has 0 aliphatic heterocycles. The Bertz CT molecular complexity index is 508. The summed E-state index contributed by atoms with van der Waals surface area (Å²) in [6, 6.07) is 5.82. The first-order valence-electron chi connectivity index (χ1n) is 5.42. The number of rotatable bonds is 4. The summed E-state index contributed by atoms with van der Waals surface area (Å²) in [5.74, 6) is 1.73. The normalized spacial score (nSPS) is 10.5. The van der Waals surface area contributed by atoms with Crippen molar-refractivity contribution < 1.29 is 9.15 Å². The first-order valence-corrected chi connectivity index (χ1v) is 5.42. The third-order valence-electron chi connectivity index (χ3n) is 2.41. The van der Waals surface area contributed by atoms with E-state index in [4.69, 9.17) is 14.9 Å². The van der Waals surface area contributed by atoms with Crippen LogP contribution in [-0.4, -0.2) is 23.9 Å². The summed E-state index contributed by atoms with van der Waals surface area (Å²) in [6.07, 6.45) is 0.584. The molecule has 0 aliphatic rings. The van der Waals surface area contributed by atoms with Crippen LogP contribution in [0.1, 0.15) is 11.5 Å². The van der Waals surface area contributed by atoms with E-state index in [1.807, 2.05) is 25.1 Å². The van der Waals surface area contributed by atoms with Gasteiger partial charge in [-0.2, -0.15) is 0 Å². The first kappa shape index (κ1) is 11.6. The molecule has 2 rings (SSSR count). The molecule has 0 spiro atoms. The van der Waals surface area contributed by atoms with Crippen molar-refractivity contribution in [2.75, 3.05) is 13.7 Å². The van der Waals surface area contributed by atoms with Gasteiger partial charge in [0.1, 0.15) is 5.75 Å². The maximum Gasteiger partial charge on any atom is 0.251 e. The van der Waals surface area contributed by atoms with Gasteiger partial charge in [-0.1, -0.05) is 11.6 Å². The molecule has 2 aromatic rings. The minimum absolute atomic E-state index is 0.467. The van der Waals surface area contributed by atoms with Crippen molar-refractivity contribution in [3.05, 3.63) is 29.7 Å². The minimum atomic E-state index is 0.467. The zero-order valence-corrected chi connectivity index (χ0v) is 9.93. The number of nitrogens with two attached hydrogens (primary N) is 1. The van der Waals surface area contributed by atoms with Gasteiger partial charge in [0.15, 0.2) is 0 Å². The molecule has 0 saturated carbocycles. The quantitative estimate of drug-likeness (QED) is 0.867. The molecule has 0 saturated heterocycles. The lowest BCUT2D eigenvalue weighted by Gasteiger charge is -2.05. The molecule has 0 fully saturated rings. The maximum absolute atomic E-state index is 5.53. The van der Waals surface area contributed by atoms with E-state index in [-0.39, 0.29) is 0 Å². The molecular weight excluding hydrogens is 218 g/mol. The SMILES string of the molecule is COc1ccc(C)cc1-c1nnc(CCN)o1. The molecule has 0 bridgehead atoms. The van der Waals surface area contributed by atoms with Crippen molar-refractivity contribution in [1.29, 1.82) is 0 Å². The first-order chi connectivity index (χ1) is 8.24. The maximum atomic E-state index is 5.53. The van der Waals surface area contributed by atoms with Crippen LogP contribution < -0.4 is 10.5 Å². The number of benzene rings is 1. The van der Waals surface area contributed by atoms with Gasteiger partial charge in [0.05, 0.1) is 12.7 Å². The van der Waals surface area contributed by atoms with Crippen LogP contribution >= 0.6 is 0 Å². The van der Waals surface area contributed by atoms with Gasteiger partial charge in [-0.25, -0.2) is 0 Å². The second-order valence-electron chi connectivity index (χ2n) is 3.74. The highest BCUT2D eigenvalue weighted by molar-refractivity contribution is 5.63. The molecule has 0 atom stereocenters. The van der Waals surface area contributed by atoms with E-state index in [2.05, 4.69) is 10.2 Å². The Morgan fingerprint density at radius 2 is 2.18 bits per heavy atom. The zero-order chi connectivity index (χ0) is 12.3. The van der Waals surface area contributed by atoms with Gasteiger partial charge >= 0.3 is 0 Å². The van der Waals surface area contributed by atoms with E-state index in [0.717, 1.165) is 16.9 Å². The van der Waals surface area contributed by atoms with Crippen LogP contribution in [0.2, 0.25) is 0 Å². The molecule has 0 amide bonds. The Morgan fingerprint density at radius 3 is 2.88 bits per heavy atom. The van der Waals surface area contributed by atoms with E-state index in [0.29, 0.717) is 24.7 Å². The van der Waals surface area contributed by atoms with Crippen LogP contribution in [0.25, 0.3) is 11.5 Å². The molecule has 17 heavy (non-hydrogen) atoms. The van der Waals surface area contributed by atoms with Crippen molar-refractivity contribution >= 4 is 0 Å². The lowest BCUT2D eigenvalue weighted by Crippen LogP contribution is -2.02. The van der Waals surface area contributed by atoms with Gasteiger partial charge in [-0.05, 0) is 19.1 Å². The van der Waals surface area contributed by atoms with Crippen LogP contribution in [-0.2, 0) is 6.42 Å². The third-order valence-corrected chi connectivity index (χ3v) is 2.41. The summed E-state index contributed by atoms with van der Waals surface area (Å²) in [7, 11) is 1.62. The zero-order valence-electron chi connectivity index (χ0n) is 9.93. The van der Waals surface area contributed by atoms with Gasteiger partial charge in [-0.15, -0.1) is 10.2 Å². The highest BCUT2D eigenvalue weighted by Gasteiger charge is 2.13. The molecule has 5 nitrogen and oxygen atoms in total. The predicted octanol–water partition coefficient (Wildman–Crippen LogP) is 1.55. The molecular formula is C12H15N3O2. The van der Waals surface area contributed by atoms with Crippen LogP contribution in [0.4, 0.5) is 0 Å². The van der Waals surface area contributed by atoms with Gasteiger partial charge < -0.3 is 14.9 Å². The van der Waals surface area contributed by atoms with Crippen molar-refractivity contribution in [3.8, 4) is 17.2 Å². The van der Waals surface area contributed by atoms with Gasteiger partial charge in [-0.3, -0.25) is 0 Å². The average molecular weight is 233 g/mol. The number of ether oxygens (including phenoxy) is 1. The van der Waals surface area contributed by atoms with Crippen molar-refractivity contribution in [1.82, 2.24) is 10.2 Å². The predicted molar refractivity (Wildman–Crippen MR) is 63.8 cm³/mol. The van der Waals surface area contributed by atoms with Crippen molar-refractivity contribution in [2.24, 2.45) is 5.73 Å². The fourth-order valence-corrected chi connectivity index (χ4v) is 1.58. The molecule has 1 aromatic carbocycles. The fourth-order valence-electron chi connectivity index (χ4n) is 1.58. The Hall–Kier alpha value is -1.88. The van der Waals surface area contributed by atoms with Crippen molar-refractivity contribution in [2.45, 2.75) is 13.3 Å². The van der Waals surface area contributed by atoms with E-state index in [1.165, 1.54) is 0 Å². The number of nitrogens with zero attached hydrogens (tertiary/aromatic N) is 2. The largest absolute Gasteiger partial charge is 0.496 e. The topological polar surface area (TPSA) is 74.2 Å². The average Bonchev–Trinajstić information content (AvgIpc) is 2.78. The molecule has 0 radical (unpaired) electrons. The molecule has 0 aliphatic carbocycles.